The maximum absolute atomic E-state index is 12.4. The highest BCUT2D eigenvalue weighted by Gasteiger charge is 2.28. The number of benzene rings is 1. The predicted octanol–water partition coefficient (Wildman–Crippen LogP) is 3.89. The summed E-state index contributed by atoms with van der Waals surface area (Å²) in [6, 6.07) is 9.69. The van der Waals surface area contributed by atoms with Crippen molar-refractivity contribution in [2.75, 3.05) is 13.7 Å². The Balaban J connectivity index is 1.56. The summed E-state index contributed by atoms with van der Waals surface area (Å²) in [7, 11) is 1.60. The zero-order chi connectivity index (χ0) is 18.7. The van der Waals surface area contributed by atoms with Gasteiger partial charge in [0.2, 0.25) is 5.78 Å². The Morgan fingerprint density at radius 1 is 1.19 bits per heavy atom. The molecule has 0 atom stereocenters. The van der Waals surface area contributed by atoms with Crippen molar-refractivity contribution < 1.29 is 19.1 Å². The summed E-state index contributed by atoms with van der Waals surface area (Å²) in [5.74, 6) is 0.0421. The van der Waals surface area contributed by atoms with E-state index in [2.05, 4.69) is 4.57 Å². The SMILES string of the molecule is COc1ccc(/C=C/C(=O)OCC(=O)c2cc(C)n(C3CC3)c2C)cc1. The maximum atomic E-state index is 12.4. The number of nitrogens with zero attached hydrogens (tertiary/aromatic N) is 1. The minimum atomic E-state index is -0.537. The van der Waals surface area contributed by atoms with Crippen LogP contribution in [0.3, 0.4) is 0 Å². The number of hydrogen-bond acceptors (Lipinski definition) is 4. The van der Waals surface area contributed by atoms with Crippen LogP contribution in [0, 0.1) is 13.8 Å². The van der Waals surface area contributed by atoms with E-state index in [4.69, 9.17) is 9.47 Å². The molecule has 0 spiro atoms. The van der Waals surface area contributed by atoms with Crippen LogP contribution < -0.4 is 4.74 Å². The number of aromatic nitrogens is 1. The van der Waals surface area contributed by atoms with Crippen molar-refractivity contribution in [3.8, 4) is 5.75 Å². The number of hydrogen-bond donors (Lipinski definition) is 0. The molecule has 1 aliphatic rings. The Morgan fingerprint density at radius 3 is 2.50 bits per heavy atom. The van der Waals surface area contributed by atoms with Gasteiger partial charge in [0.1, 0.15) is 5.75 Å². The van der Waals surface area contributed by atoms with E-state index in [9.17, 15) is 9.59 Å². The highest BCUT2D eigenvalue weighted by Crippen LogP contribution is 2.38. The average Bonchev–Trinajstić information content (AvgIpc) is 3.43. The molecule has 3 rings (SSSR count). The van der Waals surface area contributed by atoms with Crippen molar-refractivity contribution in [2.45, 2.75) is 32.7 Å². The smallest absolute Gasteiger partial charge is 0.331 e. The van der Waals surface area contributed by atoms with Gasteiger partial charge in [0.15, 0.2) is 6.61 Å². The molecule has 5 nitrogen and oxygen atoms in total. The fourth-order valence-electron chi connectivity index (χ4n) is 3.10. The summed E-state index contributed by atoms with van der Waals surface area (Å²) in [5.41, 5.74) is 3.53. The van der Waals surface area contributed by atoms with Crippen molar-refractivity contribution in [3.63, 3.8) is 0 Å². The summed E-state index contributed by atoms with van der Waals surface area (Å²) in [6.45, 7) is 3.70. The first-order valence-corrected chi connectivity index (χ1v) is 8.70. The van der Waals surface area contributed by atoms with Gasteiger partial charge < -0.3 is 14.0 Å². The van der Waals surface area contributed by atoms with E-state index >= 15 is 0 Å². The molecule has 136 valence electrons. The van der Waals surface area contributed by atoms with Crippen LogP contribution in [0.1, 0.15) is 46.2 Å². The van der Waals surface area contributed by atoms with E-state index in [1.165, 1.54) is 6.08 Å². The lowest BCUT2D eigenvalue weighted by atomic mass is 10.1. The molecule has 1 aliphatic carbocycles. The second-order valence-corrected chi connectivity index (χ2v) is 6.52. The number of rotatable bonds is 7. The molecule has 0 aliphatic heterocycles. The van der Waals surface area contributed by atoms with Crippen LogP contribution in [0.2, 0.25) is 0 Å². The number of carbonyl (C=O) groups excluding carboxylic acids is 2. The van der Waals surface area contributed by atoms with Gasteiger partial charge in [-0.3, -0.25) is 4.79 Å². The zero-order valence-corrected chi connectivity index (χ0v) is 15.3. The van der Waals surface area contributed by atoms with Crippen LogP contribution in [0.25, 0.3) is 6.08 Å². The minimum Gasteiger partial charge on any atom is -0.497 e. The van der Waals surface area contributed by atoms with Gasteiger partial charge >= 0.3 is 5.97 Å². The van der Waals surface area contributed by atoms with Gasteiger partial charge in [-0.05, 0) is 56.5 Å². The van der Waals surface area contributed by atoms with Crippen molar-refractivity contribution >= 4 is 17.8 Å². The molecule has 0 saturated heterocycles. The molecule has 1 aromatic heterocycles. The molecule has 0 unspecified atom stereocenters. The maximum Gasteiger partial charge on any atom is 0.331 e. The van der Waals surface area contributed by atoms with Crippen molar-refractivity contribution in [1.82, 2.24) is 4.57 Å². The largest absolute Gasteiger partial charge is 0.497 e. The third-order valence-corrected chi connectivity index (χ3v) is 4.57. The average molecular weight is 353 g/mol. The minimum absolute atomic E-state index is 0.170. The van der Waals surface area contributed by atoms with Crippen molar-refractivity contribution in [3.05, 3.63) is 58.9 Å². The lowest BCUT2D eigenvalue weighted by Crippen LogP contribution is -2.13. The summed E-state index contributed by atoms with van der Waals surface area (Å²) in [6.07, 6.45) is 5.29. The Bertz CT molecular complexity index is 842. The standard InChI is InChI=1S/C21H23NO4/c1-14-12-19(15(2)22(14)17-7-8-17)20(23)13-26-21(24)11-6-16-4-9-18(25-3)10-5-16/h4-6,9-12,17H,7-8,13H2,1-3H3/b11-6+. The first-order chi connectivity index (χ1) is 12.5. The van der Waals surface area contributed by atoms with Crippen LogP contribution in [-0.4, -0.2) is 30.0 Å². The molecule has 1 aromatic carbocycles. The second kappa shape index (κ2) is 7.60. The molecule has 2 aromatic rings. The van der Waals surface area contributed by atoms with E-state index in [1.807, 2.05) is 44.2 Å². The van der Waals surface area contributed by atoms with Crippen LogP contribution in [0.4, 0.5) is 0 Å². The zero-order valence-electron chi connectivity index (χ0n) is 15.3. The van der Waals surface area contributed by atoms with Gasteiger partial charge in [-0.2, -0.15) is 0 Å². The highest BCUT2D eigenvalue weighted by molar-refractivity contribution is 6.00. The predicted molar refractivity (Wildman–Crippen MR) is 99.5 cm³/mol. The number of methoxy groups -OCH3 is 1. The third-order valence-electron chi connectivity index (χ3n) is 4.57. The van der Waals surface area contributed by atoms with Gasteiger partial charge in [-0.15, -0.1) is 0 Å². The number of esters is 1. The lowest BCUT2D eigenvalue weighted by Gasteiger charge is -2.07. The first-order valence-electron chi connectivity index (χ1n) is 8.70. The highest BCUT2D eigenvalue weighted by atomic mass is 16.5. The van der Waals surface area contributed by atoms with E-state index in [0.717, 1.165) is 35.5 Å². The molecule has 0 bridgehead atoms. The summed E-state index contributed by atoms with van der Waals surface area (Å²) in [5, 5.41) is 0. The third kappa shape index (κ3) is 4.04. The van der Waals surface area contributed by atoms with E-state index in [-0.39, 0.29) is 12.4 Å². The van der Waals surface area contributed by atoms with E-state index < -0.39 is 5.97 Å². The van der Waals surface area contributed by atoms with E-state index in [0.29, 0.717) is 11.6 Å². The van der Waals surface area contributed by atoms with Crippen LogP contribution >= 0.6 is 0 Å². The normalized spacial score (nSPS) is 13.8. The van der Waals surface area contributed by atoms with Crippen molar-refractivity contribution in [1.29, 1.82) is 0 Å². The molecule has 1 fully saturated rings. The van der Waals surface area contributed by atoms with Crippen LogP contribution in [-0.2, 0) is 9.53 Å². The Labute approximate surface area is 153 Å². The quantitative estimate of drug-likeness (QED) is 0.430. The summed E-state index contributed by atoms with van der Waals surface area (Å²) in [4.78, 5) is 24.3. The molecular formula is C21H23NO4. The topological polar surface area (TPSA) is 57.5 Å². The number of ether oxygens (including phenoxy) is 2. The molecule has 0 radical (unpaired) electrons. The number of aryl methyl sites for hydroxylation is 1. The summed E-state index contributed by atoms with van der Waals surface area (Å²) >= 11 is 0. The fraction of sp³-hybridized carbons (Fsp3) is 0.333. The Morgan fingerprint density at radius 2 is 1.88 bits per heavy atom. The molecule has 5 heteroatoms. The van der Waals surface area contributed by atoms with Gasteiger partial charge in [-0.1, -0.05) is 12.1 Å². The fourth-order valence-corrected chi connectivity index (χ4v) is 3.10. The number of Topliss-reactive ketones (excluding diaryl/α,β-unsaturated/α-hetero) is 1. The lowest BCUT2D eigenvalue weighted by molar-refractivity contribution is -0.136. The molecular weight excluding hydrogens is 330 g/mol. The monoisotopic (exact) mass is 353 g/mol. The molecule has 26 heavy (non-hydrogen) atoms. The van der Waals surface area contributed by atoms with Gasteiger partial charge in [0.05, 0.1) is 7.11 Å². The Kier molecular flexibility index (Phi) is 5.26. The summed E-state index contributed by atoms with van der Waals surface area (Å²) < 4.78 is 12.4. The molecule has 1 saturated carbocycles. The van der Waals surface area contributed by atoms with E-state index in [1.54, 1.807) is 13.2 Å². The molecule has 1 heterocycles. The molecule has 0 N–H and O–H groups in total. The number of ketones is 1. The number of carbonyl (C=O) groups is 2. The van der Waals surface area contributed by atoms with Gasteiger partial charge in [-0.25, -0.2) is 4.79 Å². The van der Waals surface area contributed by atoms with Crippen molar-refractivity contribution in [2.24, 2.45) is 0 Å². The molecule has 0 amide bonds. The second-order valence-electron chi connectivity index (χ2n) is 6.52. The first kappa shape index (κ1) is 18.0. The van der Waals surface area contributed by atoms with Gasteiger partial charge in [0.25, 0.3) is 0 Å². The van der Waals surface area contributed by atoms with Crippen LogP contribution in [0.5, 0.6) is 5.75 Å². The van der Waals surface area contributed by atoms with Gasteiger partial charge in [0, 0.05) is 29.1 Å². The Hall–Kier alpha value is -2.82. The van der Waals surface area contributed by atoms with Crippen LogP contribution in [0.15, 0.2) is 36.4 Å².